The van der Waals surface area contributed by atoms with Crippen LogP contribution >= 0.6 is 22.6 Å². The molecule has 0 spiro atoms. The van der Waals surface area contributed by atoms with Crippen LogP contribution in [0, 0.1) is 3.70 Å². The zero-order valence-corrected chi connectivity index (χ0v) is 15.1. The second kappa shape index (κ2) is 6.48. The van der Waals surface area contributed by atoms with Gasteiger partial charge in [0.2, 0.25) is 0 Å². The number of morpholine rings is 1. The lowest BCUT2D eigenvalue weighted by atomic mass is 9.90. The number of halogens is 1. The van der Waals surface area contributed by atoms with Gasteiger partial charge >= 0.3 is 0 Å². The summed E-state index contributed by atoms with van der Waals surface area (Å²) in [7, 11) is 0. The molecule has 1 saturated carbocycles. The number of anilines is 1. The molecule has 0 radical (unpaired) electrons. The van der Waals surface area contributed by atoms with Gasteiger partial charge < -0.3 is 10.5 Å². The third-order valence-electron chi connectivity index (χ3n) is 5.05. The Hall–Kier alpha value is -1.00. The molecule has 8 heteroatoms. The summed E-state index contributed by atoms with van der Waals surface area (Å²) < 4.78 is 8.43. The van der Waals surface area contributed by atoms with Crippen molar-refractivity contribution in [1.29, 1.82) is 0 Å². The first-order chi connectivity index (χ1) is 11.2. The monoisotopic (exact) mass is 428 g/mol. The number of nitrogen functional groups attached to an aromatic ring is 1. The van der Waals surface area contributed by atoms with E-state index in [9.17, 15) is 0 Å². The smallest absolute Gasteiger partial charge is 0.164 e. The maximum Gasteiger partial charge on any atom is 0.164 e. The Balaban J connectivity index is 1.51. The van der Waals surface area contributed by atoms with Gasteiger partial charge in [0.15, 0.2) is 5.65 Å². The van der Waals surface area contributed by atoms with E-state index >= 15 is 0 Å². The molecule has 23 heavy (non-hydrogen) atoms. The highest BCUT2D eigenvalue weighted by molar-refractivity contribution is 14.1. The van der Waals surface area contributed by atoms with Crippen molar-refractivity contribution >= 4 is 39.4 Å². The molecule has 0 amide bonds. The zero-order valence-electron chi connectivity index (χ0n) is 13.0. The number of ether oxygens (including phenoxy) is 1. The van der Waals surface area contributed by atoms with Gasteiger partial charge in [0.25, 0.3) is 0 Å². The van der Waals surface area contributed by atoms with Crippen molar-refractivity contribution in [3.8, 4) is 0 Å². The highest BCUT2D eigenvalue weighted by Crippen LogP contribution is 2.34. The van der Waals surface area contributed by atoms with Crippen molar-refractivity contribution in [1.82, 2.24) is 24.6 Å². The van der Waals surface area contributed by atoms with E-state index in [2.05, 4.69) is 42.1 Å². The third kappa shape index (κ3) is 2.91. The minimum atomic E-state index is 0.410. The minimum Gasteiger partial charge on any atom is -0.383 e. The summed E-state index contributed by atoms with van der Waals surface area (Å²) >= 11 is 2.23. The summed E-state index contributed by atoms with van der Waals surface area (Å²) in [5, 5.41) is 5.59. The van der Waals surface area contributed by atoms with Crippen LogP contribution in [0.1, 0.15) is 31.7 Å². The molecule has 1 saturated heterocycles. The molecule has 4 rings (SSSR count). The average molecular weight is 428 g/mol. The molecule has 2 aromatic rings. The molecule has 0 atom stereocenters. The molecule has 2 fully saturated rings. The van der Waals surface area contributed by atoms with Crippen molar-refractivity contribution in [2.45, 2.75) is 37.8 Å². The maximum absolute atomic E-state index is 5.99. The minimum absolute atomic E-state index is 0.410. The fraction of sp³-hybridized carbons (Fsp3) is 0.667. The van der Waals surface area contributed by atoms with E-state index in [1.807, 2.05) is 0 Å². The number of nitrogens with zero attached hydrogens (tertiary/aromatic N) is 5. The van der Waals surface area contributed by atoms with Crippen molar-refractivity contribution < 1.29 is 4.74 Å². The SMILES string of the molecule is Nc1ncnc2c1c(I)nn2[C@H]1CC[C@@H](N2CCOCC2)CC1. The summed E-state index contributed by atoms with van der Waals surface area (Å²) in [5.41, 5.74) is 6.86. The molecule has 1 aliphatic carbocycles. The molecule has 0 bridgehead atoms. The van der Waals surface area contributed by atoms with E-state index in [0.29, 0.717) is 17.9 Å². The summed E-state index contributed by atoms with van der Waals surface area (Å²) in [6.45, 7) is 3.89. The van der Waals surface area contributed by atoms with E-state index in [0.717, 1.165) is 53.9 Å². The number of rotatable bonds is 2. The lowest BCUT2D eigenvalue weighted by molar-refractivity contribution is 0.00518. The summed E-state index contributed by atoms with van der Waals surface area (Å²) in [4.78, 5) is 11.1. The number of nitrogens with two attached hydrogens (primary N) is 1. The molecule has 124 valence electrons. The maximum atomic E-state index is 5.99. The molecule has 7 nitrogen and oxygen atoms in total. The van der Waals surface area contributed by atoms with Gasteiger partial charge in [-0.2, -0.15) is 5.10 Å². The lowest BCUT2D eigenvalue weighted by Gasteiger charge is -2.38. The Bertz CT molecular complexity index is 691. The van der Waals surface area contributed by atoms with Crippen molar-refractivity contribution in [3.05, 3.63) is 10.0 Å². The van der Waals surface area contributed by atoms with E-state index in [1.54, 1.807) is 0 Å². The van der Waals surface area contributed by atoms with E-state index in [1.165, 1.54) is 19.2 Å². The molecule has 3 heterocycles. The Morgan fingerprint density at radius 3 is 2.52 bits per heavy atom. The van der Waals surface area contributed by atoms with E-state index in [4.69, 9.17) is 15.6 Å². The Kier molecular flexibility index (Phi) is 4.37. The third-order valence-corrected chi connectivity index (χ3v) is 5.80. The van der Waals surface area contributed by atoms with Crippen molar-refractivity contribution in [2.24, 2.45) is 0 Å². The van der Waals surface area contributed by atoms with Crippen LogP contribution in [0.4, 0.5) is 5.82 Å². The van der Waals surface area contributed by atoms with Crippen LogP contribution in [0.5, 0.6) is 0 Å². The topological polar surface area (TPSA) is 82.1 Å². The summed E-state index contributed by atoms with van der Waals surface area (Å²) in [5.74, 6) is 0.521. The van der Waals surface area contributed by atoms with Gasteiger partial charge in [0.05, 0.1) is 24.6 Å². The quantitative estimate of drug-likeness (QED) is 0.736. The van der Waals surface area contributed by atoms with Crippen LogP contribution in [0.3, 0.4) is 0 Å². The molecule has 2 aliphatic rings. The molecular formula is C15H21IN6O. The van der Waals surface area contributed by atoms with Crippen molar-refractivity contribution in [3.63, 3.8) is 0 Å². The number of aromatic nitrogens is 4. The van der Waals surface area contributed by atoms with Gasteiger partial charge in [-0.25, -0.2) is 14.6 Å². The van der Waals surface area contributed by atoms with Gasteiger partial charge in [-0.3, -0.25) is 4.90 Å². The van der Waals surface area contributed by atoms with Crippen LogP contribution in [0.2, 0.25) is 0 Å². The number of hydrogen-bond acceptors (Lipinski definition) is 6. The van der Waals surface area contributed by atoms with Gasteiger partial charge in [-0.1, -0.05) is 0 Å². The normalized spacial score (nSPS) is 26.7. The molecule has 2 N–H and O–H groups in total. The number of hydrogen-bond donors (Lipinski definition) is 1. The fourth-order valence-corrected chi connectivity index (χ4v) is 4.57. The molecule has 0 unspecified atom stereocenters. The first-order valence-electron chi connectivity index (χ1n) is 8.20. The van der Waals surface area contributed by atoms with Gasteiger partial charge in [-0.15, -0.1) is 0 Å². The lowest BCUT2D eigenvalue weighted by Crippen LogP contribution is -2.45. The predicted octanol–water partition coefficient (Wildman–Crippen LogP) is 1.83. The van der Waals surface area contributed by atoms with Crippen LogP contribution in [0.25, 0.3) is 11.0 Å². The largest absolute Gasteiger partial charge is 0.383 e. The van der Waals surface area contributed by atoms with Crippen molar-refractivity contribution in [2.75, 3.05) is 32.0 Å². The molecular weight excluding hydrogens is 407 g/mol. The fourth-order valence-electron chi connectivity index (χ4n) is 3.82. The van der Waals surface area contributed by atoms with Gasteiger partial charge in [-0.05, 0) is 48.3 Å². The average Bonchev–Trinajstić information content (AvgIpc) is 2.94. The second-order valence-corrected chi connectivity index (χ2v) is 7.33. The summed E-state index contributed by atoms with van der Waals surface area (Å²) in [6, 6.07) is 1.10. The number of fused-ring (bicyclic) bond motifs is 1. The highest BCUT2D eigenvalue weighted by atomic mass is 127. The Morgan fingerprint density at radius 1 is 1.09 bits per heavy atom. The highest BCUT2D eigenvalue weighted by Gasteiger charge is 2.29. The molecule has 2 aromatic heterocycles. The predicted molar refractivity (Wildman–Crippen MR) is 96.1 cm³/mol. The Morgan fingerprint density at radius 2 is 1.78 bits per heavy atom. The Labute approximate surface area is 148 Å². The van der Waals surface area contributed by atoms with Crippen LogP contribution in [0.15, 0.2) is 6.33 Å². The molecule has 1 aliphatic heterocycles. The van der Waals surface area contributed by atoms with E-state index < -0.39 is 0 Å². The first kappa shape index (κ1) is 15.5. The summed E-state index contributed by atoms with van der Waals surface area (Å²) in [6.07, 6.45) is 6.23. The molecule has 0 aromatic carbocycles. The van der Waals surface area contributed by atoms with Gasteiger partial charge in [0, 0.05) is 19.1 Å². The van der Waals surface area contributed by atoms with E-state index in [-0.39, 0.29) is 0 Å². The second-order valence-electron chi connectivity index (χ2n) is 6.30. The van der Waals surface area contributed by atoms with Crippen LogP contribution in [-0.4, -0.2) is 57.0 Å². The van der Waals surface area contributed by atoms with Crippen LogP contribution in [-0.2, 0) is 4.74 Å². The zero-order chi connectivity index (χ0) is 15.8. The standard InChI is InChI=1S/C15H21IN6O/c16-13-12-14(17)18-9-19-15(12)22(20-13)11-3-1-10(2-4-11)21-5-7-23-8-6-21/h9-11H,1-8H2,(H2,17,18,19)/t10-,11+. The van der Waals surface area contributed by atoms with Gasteiger partial charge in [0.1, 0.15) is 15.8 Å². The van der Waals surface area contributed by atoms with Crippen LogP contribution < -0.4 is 5.73 Å². The first-order valence-corrected chi connectivity index (χ1v) is 9.28.